The molecule has 20 heavy (non-hydrogen) atoms. The molecule has 2 rings (SSSR count). The van der Waals surface area contributed by atoms with Crippen molar-refractivity contribution in [1.82, 2.24) is 0 Å². The van der Waals surface area contributed by atoms with E-state index in [1.54, 1.807) is 30.3 Å². The molecule has 0 amide bonds. The van der Waals surface area contributed by atoms with E-state index in [2.05, 4.69) is 0 Å². The summed E-state index contributed by atoms with van der Waals surface area (Å²) in [7, 11) is 0. The fraction of sp³-hybridized carbons (Fsp3) is 0.0625. The lowest BCUT2D eigenvalue weighted by Gasteiger charge is -2.12. The van der Waals surface area contributed by atoms with E-state index in [0.29, 0.717) is 22.1 Å². The Balaban J connectivity index is 2.53. The van der Waals surface area contributed by atoms with Crippen LogP contribution in [0.3, 0.4) is 0 Å². The number of nitrogens with zero attached hydrogens (tertiary/aromatic N) is 1. The summed E-state index contributed by atoms with van der Waals surface area (Å²) < 4.78 is 5.74. The summed E-state index contributed by atoms with van der Waals surface area (Å²) in [4.78, 5) is 0. The van der Waals surface area contributed by atoms with E-state index in [1.807, 2.05) is 24.3 Å². The van der Waals surface area contributed by atoms with Crippen molar-refractivity contribution < 1.29 is 9.84 Å². The zero-order chi connectivity index (χ0) is 14.5. The molecule has 4 heteroatoms. The average Bonchev–Trinajstić information content (AvgIpc) is 2.43. The van der Waals surface area contributed by atoms with E-state index in [4.69, 9.17) is 16.3 Å². The lowest BCUT2D eigenvalue weighted by atomic mass is 10.0. The quantitative estimate of drug-likeness (QED) is 0.641. The highest BCUT2D eigenvalue weighted by Crippen LogP contribution is 2.36. The number of para-hydroxylation sites is 1. The Bertz CT molecular complexity index is 683. The smallest absolute Gasteiger partial charge is 0.137 e. The number of hydrogen-bond donors (Lipinski definition) is 1. The SMILES string of the molecule is CC(O)=C(C#N)c1c(Cl)cccc1Oc1ccccc1. The molecule has 0 bridgehead atoms. The summed E-state index contributed by atoms with van der Waals surface area (Å²) >= 11 is 6.14. The van der Waals surface area contributed by atoms with E-state index in [0.717, 1.165) is 0 Å². The van der Waals surface area contributed by atoms with Crippen LogP contribution in [-0.4, -0.2) is 5.11 Å². The number of aliphatic hydroxyl groups is 1. The van der Waals surface area contributed by atoms with Crippen LogP contribution >= 0.6 is 11.6 Å². The monoisotopic (exact) mass is 285 g/mol. The minimum Gasteiger partial charge on any atom is -0.511 e. The summed E-state index contributed by atoms with van der Waals surface area (Å²) in [6.45, 7) is 1.44. The van der Waals surface area contributed by atoms with Gasteiger partial charge in [0.25, 0.3) is 0 Å². The number of nitriles is 1. The molecule has 1 N–H and O–H groups in total. The van der Waals surface area contributed by atoms with E-state index in [9.17, 15) is 10.4 Å². The maximum absolute atomic E-state index is 9.62. The summed E-state index contributed by atoms with van der Waals surface area (Å²) in [5.74, 6) is 0.955. The Hall–Kier alpha value is -2.44. The third-order valence-electron chi connectivity index (χ3n) is 2.67. The molecule has 0 aromatic heterocycles. The predicted molar refractivity (Wildman–Crippen MR) is 78.8 cm³/mol. The second-order valence-electron chi connectivity index (χ2n) is 4.10. The van der Waals surface area contributed by atoms with Gasteiger partial charge in [-0.05, 0) is 31.2 Å². The van der Waals surface area contributed by atoms with Crippen molar-refractivity contribution in [3.8, 4) is 17.6 Å². The minimum atomic E-state index is -0.0986. The fourth-order valence-corrected chi connectivity index (χ4v) is 2.03. The molecule has 0 fully saturated rings. The van der Waals surface area contributed by atoms with Crippen LogP contribution in [0.5, 0.6) is 11.5 Å². The molecule has 0 aliphatic rings. The largest absolute Gasteiger partial charge is 0.511 e. The van der Waals surface area contributed by atoms with E-state index < -0.39 is 0 Å². The van der Waals surface area contributed by atoms with Gasteiger partial charge in [0.15, 0.2) is 0 Å². The minimum absolute atomic E-state index is 0.0986. The Morgan fingerprint density at radius 3 is 2.45 bits per heavy atom. The molecule has 0 aliphatic carbocycles. The van der Waals surface area contributed by atoms with Gasteiger partial charge in [-0.1, -0.05) is 35.9 Å². The highest BCUT2D eigenvalue weighted by molar-refractivity contribution is 6.33. The van der Waals surface area contributed by atoms with Gasteiger partial charge in [-0.15, -0.1) is 0 Å². The average molecular weight is 286 g/mol. The Morgan fingerprint density at radius 2 is 1.85 bits per heavy atom. The highest BCUT2D eigenvalue weighted by Gasteiger charge is 2.16. The van der Waals surface area contributed by atoms with Crippen LogP contribution in [0.15, 0.2) is 54.3 Å². The van der Waals surface area contributed by atoms with Gasteiger partial charge in [-0.2, -0.15) is 5.26 Å². The zero-order valence-corrected chi connectivity index (χ0v) is 11.6. The van der Waals surface area contributed by atoms with Crippen LogP contribution in [0.25, 0.3) is 5.57 Å². The molecule has 2 aromatic carbocycles. The van der Waals surface area contributed by atoms with Crippen LogP contribution < -0.4 is 4.74 Å². The highest BCUT2D eigenvalue weighted by atomic mass is 35.5. The van der Waals surface area contributed by atoms with Crippen molar-refractivity contribution in [1.29, 1.82) is 5.26 Å². The number of allylic oxidation sites excluding steroid dienone is 2. The first-order valence-corrected chi connectivity index (χ1v) is 6.33. The third kappa shape index (κ3) is 2.93. The molecular weight excluding hydrogens is 274 g/mol. The molecule has 0 unspecified atom stereocenters. The van der Waals surface area contributed by atoms with Crippen LogP contribution in [0.2, 0.25) is 5.02 Å². The fourth-order valence-electron chi connectivity index (χ4n) is 1.77. The van der Waals surface area contributed by atoms with Gasteiger partial charge in [-0.25, -0.2) is 0 Å². The molecule has 0 saturated carbocycles. The van der Waals surface area contributed by atoms with Crippen LogP contribution in [0, 0.1) is 11.3 Å². The van der Waals surface area contributed by atoms with Gasteiger partial charge in [-0.3, -0.25) is 0 Å². The van der Waals surface area contributed by atoms with E-state index in [1.165, 1.54) is 6.92 Å². The van der Waals surface area contributed by atoms with Gasteiger partial charge < -0.3 is 9.84 Å². The van der Waals surface area contributed by atoms with Crippen molar-refractivity contribution in [3.05, 3.63) is 64.9 Å². The molecule has 0 spiro atoms. The van der Waals surface area contributed by atoms with Crippen molar-refractivity contribution in [2.24, 2.45) is 0 Å². The Morgan fingerprint density at radius 1 is 1.15 bits per heavy atom. The van der Waals surface area contributed by atoms with Crippen LogP contribution in [0.1, 0.15) is 12.5 Å². The van der Waals surface area contributed by atoms with Gasteiger partial charge in [0, 0.05) is 0 Å². The van der Waals surface area contributed by atoms with Crippen LogP contribution in [0.4, 0.5) is 0 Å². The lowest BCUT2D eigenvalue weighted by molar-refractivity contribution is 0.417. The maximum Gasteiger partial charge on any atom is 0.137 e. The standard InChI is InChI=1S/C16H12ClNO2/c1-11(19)13(10-18)16-14(17)8-5-9-15(16)20-12-6-3-2-4-7-12/h2-9,19H,1H3. The second-order valence-corrected chi connectivity index (χ2v) is 4.51. The summed E-state index contributed by atoms with van der Waals surface area (Å²) in [6.07, 6.45) is 0. The summed E-state index contributed by atoms with van der Waals surface area (Å²) in [5, 5.41) is 19.2. The zero-order valence-electron chi connectivity index (χ0n) is 10.8. The molecular formula is C16H12ClNO2. The second kappa shape index (κ2) is 6.14. The number of hydrogen-bond acceptors (Lipinski definition) is 3. The Labute approximate surface area is 122 Å². The van der Waals surface area contributed by atoms with Gasteiger partial charge in [0.1, 0.15) is 28.9 Å². The molecule has 0 aliphatic heterocycles. The first kappa shape index (κ1) is 14.0. The molecule has 100 valence electrons. The molecule has 0 heterocycles. The summed E-state index contributed by atoms with van der Waals surface area (Å²) in [5.41, 5.74) is 0.488. The topological polar surface area (TPSA) is 53.2 Å². The first-order valence-electron chi connectivity index (χ1n) is 5.95. The normalized spacial score (nSPS) is 11.4. The van der Waals surface area contributed by atoms with Gasteiger partial charge in [0.05, 0.1) is 10.6 Å². The van der Waals surface area contributed by atoms with Crippen molar-refractivity contribution in [2.45, 2.75) is 6.92 Å². The lowest BCUT2D eigenvalue weighted by Crippen LogP contribution is -1.94. The van der Waals surface area contributed by atoms with E-state index in [-0.39, 0.29) is 11.3 Å². The number of ether oxygens (including phenoxy) is 1. The van der Waals surface area contributed by atoms with Gasteiger partial charge >= 0.3 is 0 Å². The third-order valence-corrected chi connectivity index (χ3v) is 2.98. The van der Waals surface area contributed by atoms with Crippen molar-refractivity contribution in [2.75, 3.05) is 0 Å². The Kier molecular flexibility index (Phi) is 4.29. The maximum atomic E-state index is 9.62. The number of rotatable bonds is 3. The van der Waals surface area contributed by atoms with Crippen molar-refractivity contribution in [3.63, 3.8) is 0 Å². The number of aliphatic hydroxyl groups excluding tert-OH is 1. The first-order chi connectivity index (χ1) is 9.63. The molecule has 0 saturated heterocycles. The predicted octanol–water partition coefficient (Wildman–Crippen LogP) is 4.94. The van der Waals surface area contributed by atoms with Gasteiger partial charge in [0.2, 0.25) is 0 Å². The number of halogens is 1. The van der Waals surface area contributed by atoms with E-state index >= 15 is 0 Å². The molecule has 0 atom stereocenters. The molecule has 0 radical (unpaired) electrons. The number of benzene rings is 2. The summed E-state index contributed by atoms with van der Waals surface area (Å²) in [6, 6.07) is 16.2. The van der Waals surface area contributed by atoms with Crippen molar-refractivity contribution >= 4 is 17.2 Å². The van der Waals surface area contributed by atoms with Crippen LogP contribution in [-0.2, 0) is 0 Å². The molecule has 2 aromatic rings. The molecule has 3 nitrogen and oxygen atoms in total.